The standard InChI is InChI=1S/C25H32N2O6/c1-6-31-20-12-11-18(13-21(20)32-7-2)25(30)26-14-23(29)33-15-22(28)27-24-17(5)9-8-10-19(24)16(3)4/h8-13,16H,6-7,14-15H2,1-5H3,(H,26,30)(H,27,28). The van der Waals surface area contributed by atoms with Gasteiger partial charge in [0.25, 0.3) is 11.8 Å². The highest BCUT2D eigenvalue weighted by Crippen LogP contribution is 2.29. The molecule has 0 atom stereocenters. The number of amides is 2. The lowest BCUT2D eigenvalue weighted by Gasteiger charge is -2.16. The van der Waals surface area contributed by atoms with E-state index in [4.69, 9.17) is 14.2 Å². The first-order valence-corrected chi connectivity index (χ1v) is 11.0. The summed E-state index contributed by atoms with van der Waals surface area (Å²) in [6.07, 6.45) is 0. The molecule has 0 aromatic heterocycles. The van der Waals surface area contributed by atoms with Gasteiger partial charge in [-0.15, -0.1) is 0 Å². The molecule has 2 rings (SSSR count). The van der Waals surface area contributed by atoms with Crippen LogP contribution in [-0.4, -0.2) is 44.1 Å². The monoisotopic (exact) mass is 456 g/mol. The number of rotatable bonds is 11. The van der Waals surface area contributed by atoms with Gasteiger partial charge in [0.2, 0.25) is 0 Å². The van der Waals surface area contributed by atoms with Gasteiger partial charge in [0.1, 0.15) is 6.54 Å². The average Bonchev–Trinajstić information content (AvgIpc) is 2.78. The summed E-state index contributed by atoms with van der Waals surface area (Å²) in [4.78, 5) is 36.7. The van der Waals surface area contributed by atoms with Gasteiger partial charge in [0, 0.05) is 11.3 Å². The van der Waals surface area contributed by atoms with E-state index in [9.17, 15) is 14.4 Å². The summed E-state index contributed by atoms with van der Waals surface area (Å²) in [5.74, 6) is -0.424. The Morgan fingerprint density at radius 2 is 1.67 bits per heavy atom. The summed E-state index contributed by atoms with van der Waals surface area (Å²) in [5.41, 5.74) is 2.97. The van der Waals surface area contributed by atoms with Gasteiger partial charge in [-0.25, -0.2) is 0 Å². The first-order valence-electron chi connectivity index (χ1n) is 11.0. The van der Waals surface area contributed by atoms with Crippen LogP contribution in [0.15, 0.2) is 36.4 Å². The molecule has 2 amide bonds. The van der Waals surface area contributed by atoms with Crippen molar-refractivity contribution in [3.05, 3.63) is 53.1 Å². The number of hydrogen-bond donors (Lipinski definition) is 2. The molecule has 0 unspecified atom stereocenters. The smallest absolute Gasteiger partial charge is 0.325 e. The Morgan fingerprint density at radius 1 is 0.970 bits per heavy atom. The molecule has 2 N–H and O–H groups in total. The summed E-state index contributed by atoms with van der Waals surface area (Å²) in [7, 11) is 0. The van der Waals surface area contributed by atoms with Crippen LogP contribution in [0.5, 0.6) is 11.5 Å². The van der Waals surface area contributed by atoms with Gasteiger partial charge in [-0.05, 0) is 56.0 Å². The van der Waals surface area contributed by atoms with Gasteiger partial charge in [0.15, 0.2) is 18.1 Å². The number of aryl methyl sites for hydroxylation is 1. The summed E-state index contributed by atoms with van der Waals surface area (Å²) < 4.78 is 16.0. The molecule has 0 aliphatic carbocycles. The lowest BCUT2D eigenvalue weighted by molar-refractivity contribution is -0.146. The second-order valence-electron chi connectivity index (χ2n) is 7.61. The Labute approximate surface area is 194 Å². The molecule has 8 nitrogen and oxygen atoms in total. The van der Waals surface area contributed by atoms with Crippen LogP contribution >= 0.6 is 0 Å². The number of carbonyl (C=O) groups excluding carboxylic acids is 3. The predicted octanol–water partition coefficient (Wildman–Crippen LogP) is 3.83. The number of benzene rings is 2. The minimum absolute atomic E-state index is 0.226. The van der Waals surface area contributed by atoms with Crippen molar-refractivity contribution < 1.29 is 28.6 Å². The molecule has 0 heterocycles. The maximum Gasteiger partial charge on any atom is 0.325 e. The van der Waals surface area contributed by atoms with Crippen LogP contribution in [0.25, 0.3) is 0 Å². The third kappa shape index (κ3) is 7.52. The van der Waals surface area contributed by atoms with E-state index in [2.05, 4.69) is 10.6 Å². The topological polar surface area (TPSA) is 103 Å². The number of hydrogen-bond acceptors (Lipinski definition) is 6. The quantitative estimate of drug-likeness (QED) is 0.498. The number of anilines is 1. The van der Waals surface area contributed by atoms with Crippen molar-refractivity contribution >= 4 is 23.5 Å². The third-order valence-corrected chi connectivity index (χ3v) is 4.75. The maximum absolute atomic E-state index is 12.4. The van der Waals surface area contributed by atoms with Crippen molar-refractivity contribution in [1.82, 2.24) is 5.32 Å². The molecular formula is C25H32N2O6. The first-order chi connectivity index (χ1) is 15.8. The molecule has 0 saturated carbocycles. The van der Waals surface area contributed by atoms with Crippen molar-refractivity contribution in [2.45, 2.75) is 40.5 Å². The minimum Gasteiger partial charge on any atom is -0.490 e. The number of carbonyl (C=O) groups is 3. The second kappa shape index (κ2) is 12.5. The van der Waals surface area contributed by atoms with Gasteiger partial charge in [0.05, 0.1) is 13.2 Å². The van der Waals surface area contributed by atoms with Crippen molar-refractivity contribution in [1.29, 1.82) is 0 Å². The Balaban J connectivity index is 1.88. The summed E-state index contributed by atoms with van der Waals surface area (Å²) >= 11 is 0. The van der Waals surface area contributed by atoms with Crippen LogP contribution < -0.4 is 20.1 Å². The van der Waals surface area contributed by atoms with E-state index < -0.39 is 24.4 Å². The Hall–Kier alpha value is -3.55. The zero-order valence-corrected chi connectivity index (χ0v) is 19.8. The van der Waals surface area contributed by atoms with Crippen LogP contribution in [0.2, 0.25) is 0 Å². The number of ether oxygens (including phenoxy) is 3. The van der Waals surface area contributed by atoms with E-state index in [0.29, 0.717) is 30.3 Å². The molecule has 0 aliphatic heterocycles. The van der Waals surface area contributed by atoms with E-state index in [1.165, 1.54) is 0 Å². The highest BCUT2D eigenvalue weighted by Gasteiger charge is 2.16. The zero-order valence-electron chi connectivity index (χ0n) is 19.8. The van der Waals surface area contributed by atoms with Crippen LogP contribution in [0.1, 0.15) is 55.1 Å². The van der Waals surface area contributed by atoms with E-state index in [-0.39, 0.29) is 12.5 Å². The normalized spacial score (nSPS) is 10.5. The molecule has 0 aliphatic rings. The fourth-order valence-electron chi connectivity index (χ4n) is 3.16. The largest absolute Gasteiger partial charge is 0.490 e. The SMILES string of the molecule is CCOc1ccc(C(=O)NCC(=O)OCC(=O)Nc2c(C)cccc2C(C)C)cc1OCC. The number of para-hydroxylation sites is 1. The van der Waals surface area contributed by atoms with Gasteiger partial charge >= 0.3 is 5.97 Å². The maximum atomic E-state index is 12.4. The van der Waals surface area contributed by atoms with E-state index >= 15 is 0 Å². The Kier molecular flexibility index (Phi) is 9.72. The van der Waals surface area contributed by atoms with Gasteiger partial charge in [-0.3, -0.25) is 14.4 Å². The molecule has 2 aromatic rings. The van der Waals surface area contributed by atoms with Crippen LogP contribution in [-0.2, 0) is 14.3 Å². The molecule has 0 bridgehead atoms. The molecule has 0 fully saturated rings. The first kappa shape index (κ1) is 25.7. The number of nitrogens with one attached hydrogen (secondary N) is 2. The number of esters is 1. The highest BCUT2D eigenvalue weighted by molar-refractivity contribution is 5.97. The molecule has 2 aromatic carbocycles. The summed E-state index contributed by atoms with van der Waals surface area (Å²) in [5, 5.41) is 5.30. The van der Waals surface area contributed by atoms with Gasteiger partial charge in [-0.1, -0.05) is 32.0 Å². The molecule has 0 saturated heterocycles. The molecule has 178 valence electrons. The summed E-state index contributed by atoms with van der Waals surface area (Å²) in [6.45, 7) is 9.73. The van der Waals surface area contributed by atoms with Crippen molar-refractivity contribution in [3.63, 3.8) is 0 Å². The Bertz CT molecular complexity index is 987. The predicted molar refractivity (Wildman–Crippen MR) is 126 cm³/mol. The molecular weight excluding hydrogens is 424 g/mol. The van der Waals surface area contributed by atoms with Crippen molar-refractivity contribution in [3.8, 4) is 11.5 Å². The van der Waals surface area contributed by atoms with Gasteiger partial charge < -0.3 is 24.8 Å². The van der Waals surface area contributed by atoms with E-state index in [0.717, 1.165) is 16.8 Å². The minimum atomic E-state index is -0.719. The fraction of sp³-hybridized carbons (Fsp3) is 0.400. The van der Waals surface area contributed by atoms with Crippen LogP contribution in [0.4, 0.5) is 5.69 Å². The van der Waals surface area contributed by atoms with Crippen molar-refractivity contribution in [2.75, 3.05) is 31.7 Å². The average molecular weight is 457 g/mol. The van der Waals surface area contributed by atoms with E-state index in [1.54, 1.807) is 18.2 Å². The third-order valence-electron chi connectivity index (χ3n) is 4.75. The van der Waals surface area contributed by atoms with Crippen LogP contribution in [0, 0.1) is 6.92 Å². The molecule has 0 radical (unpaired) electrons. The Morgan fingerprint density at radius 3 is 2.33 bits per heavy atom. The van der Waals surface area contributed by atoms with Crippen molar-refractivity contribution in [2.24, 2.45) is 0 Å². The second-order valence-corrected chi connectivity index (χ2v) is 7.61. The molecule has 33 heavy (non-hydrogen) atoms. The van der Waals surface area contributed by atoms with Crippen LogP contribution in [0.3, 0.4) is 0 Å². The lowest BCUT2D eigenvalue weighted by Crippen LogP contribution is -2.32. The fourth-order valence-corrected chi connectivity index (χ4v) is 3.16. The van der Waals surface area contributed by atoms with Gasteiger partial charge in [-0.2, -0.15) is 0 Å². The lowest BCUT2D eigenvalue weighted by atomic mass is 9.98. The zero-order chi connectivity index (χ0) is 24.4. The summed E-state index contributed by atoms with van der Waals surface area (Å²) in [6, 6.07) is 10.6. The molecule has 0 spiro atoms. The molecule has 8 heteroatoms. The highest BCUT2D eigenvalue weighted by atomic mass is 16.5. The van der Waals surface area contributed by atoms with E-state index in [1.807, 2.05) is 52.8 Å².